The van der Waals surface area contributed by atoms with Crippen molar-refractivity contribution in [3.63, 3.8) is 0 Å². The number of carbonyl (C=O) groups excluding carboxylic acids is 1. The number of nitrogens with zero attached hydrogens (tertiary/aromatic N) is 1. The molecule has 0 spiro atoms. The molecule has 2 aliphatic rings. The van der Waals surface area contributed by atoms with Gasteiger partial charge in [-0.2, -0.15) is 0 Å². The number of likely N-dealkylation sites (tertiary alicyclic amines) is 1. The van der Waals surface area contributed by atoms with Crippen molar-refractivity contribution in [2.24, 2.45) is 0 Å². The quantitative estimate of drug-likeness (QED) is 0.658. The zero-order chi connectivity index (χ0) is 13.8. The number of carbonyl (C=O) groups is 2. The van der Waals surface area contributed by atoms with Crippen LogP contribution in [0.3, 0.4) is 0 Å². The molecule has 2 rings (SSSR count). The van der Waals surface area contributed by atoms with E-state index in [4.69, 9.17) is 5.11 Å². The van der Waals surface area contributed by atoms with Gasteiger partial charge in [-0.3, -0.25) is 14.5 Å². The number of hydrogen-bond acceptors (Lipinski definition) is 4. The number of carboxylic acids is 1. The Bertz CT molecular complexity index is 342. The van der Waals surface area contributed by atoms with Crippen LogP contribution in [0.1, 0.15) is 32.6 Å². The molecule has 0 aromatic rings. The molecular formula is C13H23N3O3. The minimum atomic E-state index is -0.986. The van der Waals surface area contributed by atoms with Gasteiger partial charge in [0, 0.05) is 6.04 Å². The Morgan fingerprint density at radius 3 is 2.63 bits per heavy atom. The van der Waals surface area contributed by atoms with Gasteiger partial charge in [-0.25, -0.2) is 0 Å². The first kappa shape index (κ1) is 14.3. The van der Waals surface area contributed by atoms with Crippen LogP contribution in [-0.4, -0.2) is 59.6 Å². The largest absolute Gasteiger partial charge is 0.480 e. The number of rotatable bonds is 4. The third-order valence-corrected chi connectivity index (χ3v) is 4.10. The van der Waals surface area contributed by atoms with Crippen LogP contribution in [0.4, 0.5) is 0 Å². The van der Waals surface area contributed by atoms with Crippen molar-refractivity contribution in [1.29, 1.82) is 0 Å². The first-order chi connectivity index (χ1) is 9.09. The molecule has 2 heterocycles. The van der Waals surface area contributed by atoms with E-state index in [0.29, 0.717) is 6.04 Å². The topological polar surface area (TPSA) is 81.7 Å². The number of nitrogens with one attached hydrogen (secondary N) is 2. The van der Waals surface area contributed by atoms with Crippen LogP contribution in [0.25, 0.3) is 0 Å². The molecule has 1 amide bonds. The van der Waals surface area contributed by atoms with E-state index in [1.54, 1.807) is 0 Å². The molecule has 6 nitrogen and oxygen atoms in total. The molecule has 19 heavy (non-hydrogen) atoms. The minimum absolute atomic E-state index is 0.133. The summed E-state index contributed by atoms with van der Waals surface area (Å²) in [7, 11) is 0. The first-order valence-electron chi connectivity index (χ1n) is 7.09. The van der Waals surface area contributed by atoms with E-state index in [2.05, 4.69) is 15.5 Å². The number of piperidine rings is 1. The summed E-state index contributed by atoms with van der Waals surface area (Å²) in [6, 6.07) is -0.507. The standard InChI is InChI=1S/C13H23N3O3/c1-9(13(18)19)15-12(17)11-3-2-8-16(11)10-4-6-14-7-5-10/h9-11,14H,2-8H2,1H3,(H,15,17)(H,18,19)/t9-,11?/m0/s1. The second-order valence-corrected chi connectivity index (χ2v) is 5.45. The first-order valence-corrected chi connectivity index (χ1v) is 7.09. The summed E-state index contributed by atoms with van der Waals surface area (Å²) in [6.07, 6.45) is 3.99. The summed E-state index contributed by atoms with van der Waals surface area (Å²) >= 11 is 0. The van der Waals surface area contributed by atoms with Gasteiger partial charge in [-0.05, 0) is 52.2 Å². The van der Waals surface area contributed by atoms with Crippen LogP contribution in [0, 0.1) is 0 Å². The van der Waals surface area contributed by atoms with Crippen molar-refractivity contribution in [2.45, 2.75) is 50.7 Å². The summed E-state index contributed by atoms with van der Waals surface area (Å²) in [6.45, 7) is 4.45. The molecule has 0 aliphatic carbocycles. The zero-order valence-corrected chi connectivity index (χ0v) is 11.4. The van der Waals surface area contributed by atoms with E-state index < -0.39 is 12.0 Å². The summed E-state index contributed by atoms with van der Waals surface area (Å²) in [5, 5.41) is 14.8. The van der Waals surface area contributed by atoms with Crippen LogP contribution in [0.2, 0.25) is 0 Å². The van der Waals surface area contributed by atoms with E-state index in [9.17, 15) is 9.59 Å². The Morgan fingerprint density at radius 2 is 2.00 bits per heavy atom. The highest BCUT2D eigenvalue weighted by atomic mass is 16.4. The highest BCUT2D eigenvalue weighted by Crippen LogP contribution is 2.24. The molecule has 0 aromatic carbocycles. The molecule has 2 atom stereocenters. The number of carboxylic acid groups (broad SMARTS) is 1. The smallest absolute Gasteiger partial charge is 0.325 e. The Morgan fingerprint density at radius 1 is 1.32 bits per heavy atom. The number of aliphatic carboxylic acids is 1. The van der Waals surface area contributed by atoms with Gasteiger partial charge in [0.2, 0.25) is 5.91 Å². The number of hydrogen-bond donors (Lipinski definition) is 3. The maximum atomic E-state index is 12.2. The Hall–Kier alpha value is -1.14. The molecule has 2 aliphatic heterocycles. The van der Waals surface area contributed by atoms with Gasteiger partial charge >= 0.3 is 5.97 Å². The van der Waals surface area contributed by atoms with Crippen LogP contribution in [0.5, 0.6) is 0 Å². The maximum Gasteiger partial charge on any atom is 0.325 e. The summed E-state index contributed by atoms with van der Waals surface area (Å²) in [5.74, 6) is -1.12. The van der Waals surface area contributed by atoms with Gasteiger partial charge in [0.15, 0.2) is 0 Å². The fourth-order valence-corrected chi connectivity index (χ4v) is 3.02. The SMILES string of the molecule is C[C@H](NC(=O)C1CCCN1C1CCNCC1)C(=O)O. The number of amides is 1. The molecule has 6 heteroatoms. The third-order valence-electron chi connectivity index (χ3n) is 4.10. The van der Waals surface area contributed by atoms with Crippen molar-refractivity contribution in [3.05, 3.63) is 0 Å². The van der Waals surface area contributed by atoms with Gasteiger partial charge in [-0.1, -0.05) is 0 Å². The lowest BCUT2D eigenvalue weighted by Gasteiger charge is -2.35. The van der Waals surface area contributed by atoms with Crippen molar-refractivity contribution in [1.82, 2.24) is 15.5 Å². The third kappa shape index (κ3) is 3.45. The fraction of sp³-hybridized carbons (Fsp3) is 0.846. The lowest BCUT2D eigenvalue weighted by molar-refractivity contribution is -0.142. The maximum absolute atomic E-state index is 12.2. The minimum Gasteiger partial charge on any atom is -0.480 e. The molecule has 2 saturated heterocycles. The van der Waals surface area contributed by atoms with Gasteiger partial charge < -0.3 is 15.7 Å². The molecular weight excluding hydrogens is 246 g/mol. The average Bonchev–Trinajstić information content (AvgIpc) is 2.88. The Kier molecular flexibility index (Phi) is 4.76. The summed E-state index contributed by atoms with van der Waals surface area (Å²) in [5.41, 5.74) is 0. The molecule has 0 radical (unpaired) electrons. The molecule has 108 valence electrons. The van der Waals surface area contributed by atoms with E-state index >= 15 is 0 Å². The molecule has 0 bridgehead atoms. The second-order valence-electron chi connectivity index (χ2n) is 5.45. The van der Waals surface area contributed by atoms with Crippen molar-refractivity contribution < 1.29 is 14.7 Å². The second kappa shape index (κ2) is 6.34. The monoisotopic (exact) mass is 269 g/mol. The highest BCUT2D eigenvalue weighted by molar-refractivity contribution is 5.86. The fourth-order valence-electron chi connectivity index (χ4n) is 3.02. The van der Waals surface area contributed by atoms with Crippen molar-refractivity contribution in [2.75, 3.05) is 19.6 Å². The normalized spacial score (nSPS) is 27.1. The van der Waals surface area contributed by atoms with Gasteiger partial charge in [0.25, 0.3) is 0 Å². The lowest BCUT2D eigenvalue weighted by atomic mass is 10.0. The predicted octanol–water partition coefficient (Wildman–Crippen LogP) is -0.208. The molecule has 2 fully saturated rings. The van der Waals surface area contributed by atoms with Crippen molar-refractivity contribution in [3.8, 4) is 0 Å². The van der Waals surface area contributed by atoms with Crippen LogP contribution >= 0.6 is 0 Å². The zero-order valence-electron chi connectivity index (χ0n) is 11.4. The van der Waals surface area contributed by atoms with E-state index in [0.717, 1.165) is 45.3 Å². The van der Waals surface area contributed by atoms with E-state index in [-0.39, 0.29) is 11.9 Å². The lowest BCUT2D eigenvalue weighted by Crippen LogP contribution is -2.53. The highest BCUT2D eigenvalue weighted by Gasteiger charge is 2.36. The predicted molar refractivity (Wildman–Crippen MR) is 70.9 cm³/mol. The van der Waals surface area contributed by atoms with E-state index in [1.165, 1.54) is 6.92 Å². The summed E-state index contributed by atoms with van der Waals surface area (Å²) in [4.78, 5) is 25.2. The van der Waals surface area contributed by atoms with Crippen LogP contribution < -0.4 is 10.6 Å². The van der Waals surface area contributed by atoms with Gasteiger partial charge in [0.05, 0.1) is 6.04 Å². The van der Waals surface area contributed by atoms with Crippen molar-refractivity contribution >= 4 is 11.9 Å². The Balaban J connectivity index is 1.93. The van der Waals surface area contributed by atoms with Crippen LogP contribution in [0.15, 0.2) is 0 Å². The molecule has 0 saturated carbocycles. The van der Waals surface area contributed by atoms with Gasteiger partial charge in [-0.15, -0.1) is 0 Å². The van der Waals surface area contributed by atoms with E-state index in [1.807, 2.05) is 0 Å². The average molecular weight is 269 g/mol. The molecule has 0 aromatic heterocycles. The Labute approximate surface area is 113 Å². The summed E-state index contributed by atoms with van der Waals surface area (Å²) < 4.78 is 0. The van der Waals surface area contributed by atoms with Gasteiger partial charge in [0.1, 0.15) is 6.04 Å². The van der Waals surface area contributed by atoms with Crippen LogP contribution in [-0.2, 0) is 9.59 Å². The molecule has 3 N–H and O–H groups in total. The molecule has 1 unspecified atom stereocenters.